The van der Waals surface area contributed by atoms with Gasteiger partial charge in [0.2, 0.25) is 0 Å². The number of aryl methyl sites for hydroxylation is 1. The van der Waals surface area contributed by atoms with Crippen LogP contribution in [0.1, 0.15) is 54.0 Å². The SMILES string of the molecule is CCc1ccc(CC(O)c2ccccc2C2CC2)cc1. The van der Waals surface area contributed by atoms with Crippen LogP contribution in [-0.2, 0) is 12.8 Å². The molecule has 2 aromatic rings. The average Bonchev–Trinajstić information content (AvgIpc) is 3.32. The number of aliphatic hydroxyl groups is 1. The van der Waals surface area contributed by atoms with E-state index < -0.39 is 0 Å². The summed E-state index contributed by atoms with van der Waals surface area (Å²) in [5.74, 6) is 0.684. The van der Waals surface area contributed by atoms with Crippen molar-refractivity contribution in [1.29, 1.82) is 0 Å². The molecule has 1 atom stereocenters. The Kier molecular flexibility index (Phi) is 3.88. The zero-order chi connectivity index (χ0) is 13.9. The Hall–Kier alpha value is -1.60. The molecule has 104 valence electrons. The van der Waals surface area contributed by atoms with E-state index in [1.807, 2.05) is 6.07 Å². The van der Waals surface area contributed by atoms with Crippen LogP contribution in [-0.4, -0.2) is 5.11 Å². The van der Waals surface area contributed by atoms with Crippen LogP contribution in [0, 0.1) is 0 Å². The van der Waals surface area contributed by atoms with Gasteiger partial charge in [0.15, 0.2) is 0 Å². The first-order valence-electron chi connectivity index (χ1n) is 7.62. The Morgan fingerprint density at radius 3 is 2.30 bits per heavy atom. The molecule has 0 spiro atoms. The number of hydrogen-bond acceptors (Lipinski definition) is 1. The lowest BCUT2D eigenvalue weighted by atomic mass is 9.94. The quantitative estimate of drug-likeness (QED) is 0.850. The van der Waals surface area contributed by atoms with Crippen molar-refractivity contribution in [2.45, 2.75) is 44.6 Å². The lowest BCUT2D eigenvalue weighted by Gasteiger charge is -2.15. The van der Waals surface area contributed by atoms with Crippen LogP contribution in [0.25, 0.3) is 0 Å². The Labute approximate surface area is 121 Å². The molecule has 0 amide bonds. The number of hydrogen-bond donors (Lipinski definition) is 1. The van der Waals surface area contributed by atoms with Gasteiger partial charge in [0.1, 0.15) is 0 Å². The molecule has 2 aromatic carbocycles. The molecule has 1 N–H and O–H groups in total. The van der Waals surface area contributed by atoms with Crippen LogP contribution in [0.3, 0.4) is 0 Å². The molecule has 1 unspecified atom stereocenters. The Balaban J connectivity index is 1.76. The molecule has 20 heavy (non-hydrogen) atoms. The van der Waals surface area contributed by atoms with Gasteiger partial charge in [0.25, 0.3) is 0 Å². The molecule has 3 rings (SSSR count). The molecule has 1 aliphatic carbocycles. The number of aliphatic hydroxyl groups excluding tert-OH is 1. The Bertz CT molecular complexity index is 567. The van der Waals surface area contributed by atoms with Crippen LogP contribution in [0.5, 0.6) is 0 Å². The summed E-state index contributed by atoms with van der Waals surface area (Å²) in [7, 11) is 0. The van der Waals surface area contributed by atoms with Crippen LogP contribution >= 0.6 is 0 Å². The molecule has 1 aliphatic rings. The fraction of sp³-hybridized carbons (Fsp3) is 0.368. The maximum absolute atomic E-state index is 10.6. The van der Waals surface area contributed by atoms with Crippen LogP contribution < -0.4 is 0 Å². The third-order valence-electron chi connectivity index (χ3n) is 4.23. The lowest BCUT2D eigenvalue weighted by molar-refractivity contribution is 0.177. The van der Waals surface area contributed by atoms with Crippen molar-refractivity contribution < 1.29 is 5.11 Å². The summed E-state index contributed by atoms with van der Waals surface area (Å²) in [4.78, 5) is 0. The van der Waals surface area contributed by atoms with E-state index in [9.17, 15) is 5.11 Å². The summed E-state index contributed by atoms with van der Waals surface area (Å²) in [6.07, 6.45) is 3.92. The highest BCUT2D eigenvalue weighted by Crippen LogP contribution is 2.43. The summed E-state index contributed by atoms with van der Waals surface area (Å²) < 4.78 is 0. The minimum atomic E-state index is -0.390. The van der Waals surface area contributed by atoms with Crippen molar-refractivity contribution in [2.75, 3.05) is 0 Å². The van der Waals surface area contributed by atoms with E-state index in [0.717, 1.165) is 12.0 Å². The normalized spacial score (nSPS) is 16.1. The third kappa shape index (κ3) is 2.94. The maximum atomic E-state index is 10.6. The third-order valence-corrected chi connectivity index (χ3v) is 4.23. The largest absolute Gasteiger partial charge is 0.388 e. The topological polar surface area (TPSA) is 20.2 Å². The molecule has 0 radical (unpaired) electrons. The lowest BCUT2D eigenvalue weighted by Crippen LogP contribution is -2.05. The number of rotatable bonds is 5. The molecular formula is C19H22O. The summed E-state index contributed by atoms with van der Waals surface area (Å²) >= 11 is 0. The Morgan fingerprint density at radius 1 is 1.00 bits per heavy atom. The van der Waals surface area contributed by atoms with Crippen molar-refractivity contribution in [3.8, 4) is 0 Å². The zero-order valence-electron chi connectivity index (χ0n) is 12.0. The van der Waals surface area contributed by atoms with Crippen LogP contribution in [0.15, 0.2) is 48.5 Å². The standard InChI is InChI=1S/C19H22O/c1-2-14-7-9-15(10-8-14)13-19(20)18-6-4-3-5-17(18)16-11-12-16/h3-10,16,19-20H,2,11-13H2,1H3. The smallest absolute Gasteiger partial charge is 0.0833 e. The second kappa shape index (κ2) is 5.80. The van der Waals surface area contributed by atoms with E-state index in [0.29, 0.717) is 12.3 Å². The molecular weight excluding hydrogens is 244 g/mol. The molecule has 1 heteroatoms. The molecule has 0 bridgehead atoms. The minimum Gasteiger partial charge on any atom is -0.388 e. The summed E-state index contributed by atoms with van der Waals surface area (Å²) in [5.41, 5.74) is 5.03. The van der Waals surface area contributed by atoms with Gasteiger partial charge in [-0.15, -0.1) is 0 Å². The highest BCUT2D eigenvalue weighted by atomic mass is 16.3. The van der Waals surface area contributed by atoms with Crippen LogP contribution in [0.2, 0.25) is 0 Å². The molecule has 1 fully saturated rings. The van der Waals surface area contributed by atoms with Crippen molar-refractivity contribution in [3.63, 3.8) is 0 Å². The Morgan fingerprint density at radius 2 is 1.65 bits per heavy atom. The van der Waals surface area contributed by atoms with Gasteiger partial charge in [-0.1, -0.05) is 55.5 Å². The van der Waals surface area contributed by atoms with E-state index in [-0.39, 0.29) is 6.10 Å². The second-order valence-electron chi connectivity index (χ2n) is 5.79. The molecule has 1 saturated carbocycles. The number of benzene rings is 2. The van der Waals surface area contributed by atoms with Gasteiger partial charge < -0.3 is 5.11 Å². The van der Waals surface area contributed by atoms with E-state index in [1.165, 1.54) is 29.5 Å². The van der Waals surface area contributed by atoms with Gasteiger partial charge in [-0.05, 0) is 47.4 Å². The first-order chi connectivity index (χ1) is 9.78. The van der Waals surface area contributed by atoms with E-state index >= 15 is 0 Å². The summed E-state index contributed by atoms with van der Waals surface area (Å²) in [6.45, 7) is 2.16. The molecule has 0 saturated heterocycles. The van der Waals surface area contributed by atoms with E-state index in [2.05, 4.69) is 49.4 Å². The van der Waals surface area contributed by atoms with Gasteiger partial charge >= 0.3 is 0 Å². The monoisotopic (exact) mass is 266 g/mol. The first-order valence-corrected chi connectivity index (χ1v) is 7.62. The average molecular weight is 266 g/mol. The zero-order valence-corrected chi connectivity index (χ0v) is 12.0. The fourth-order valence-electron chi connectivity index (χ4n) is 2.82. The van der Waals surface area contributed by atoms with Gasteiger partial charge in [0.05, 0.1) is 6.10 Å². The fourth-order valence-corrected chi connectivity index (χ4v) is 2.82. The highest BCUT2D eigenvalue weighted by molar-refractivity contribution is 5.36. The van der Waals surface area contributed by atoms with Crippen molar-refractivity contribution in [3.05, 3.63) is 70.8 Å². The molecule has 0 aliphatic heterocycles. The minimum absolute atomic E-state index is 0.390. The predicted molar refractivity (Wildman–Crippen MR) is 82.9 cm³/mol. The van der Waals surface area contributed by atoms with Crippen LogP contribution in [0.4, 0.5) is 0 Å². The first kappa shape index (κ1) is 13.4. The van der Waals surface area contributed by atoms with Gasteiger partial charge in [0, 0.05) is 6.42 Å². The van der Waals surface area contributed by atoms with Gasteiger partial charge in [-0.3, -0.25) is 0 Å². The van der Waals surface area contributed by atoms with E-state index in [1.54, 1.807) is 0 Å². The maximum Gasteiger partial charge on any atom is 0.0833 e. The van der Waals surface area contributed by atoms with Gasteiger partial charge in [-0.25, -0.2) is 0 Å². The molecule has 1 nitrogen and oxygen atoms in total. The summed E-state index contributed by atoms with van der Waals surface area (Å²) in [5, 5.41) is 10.6. The van der Waals surface area contributed by atoms with Crippen molar-refractivity contribution >= 4 is 0 Å². The predicted octanol–water partition coefficient (Wildman–Crippen LogP) is 4.40. The molecule has 0 heterocycles. The van der Waals surface area contributed by atoms with Crippen molar-refractivity contribution in [1.82, 2.24) is 0 Å². The van der Waals surface area contributed by atoms with Crippen molar-refractivity contribution in [2.24, 2.45) is 0 Å². The second-order valence-corrected chi connectivity index (χ2v) is 5.79. The molecule has 0 aromatic heterocycles. The highest BCUT2D eigenvalue weighted by Gasteiger charge is 2.27. The van der Waals surface area contributed by atoms with E-state index in [4.69, 9.17) is 0 Å². The van der Waals surface area contributed by atoms with Gasteiger partial charge in [-0.2, -0.15) is 0 Å². The summed E-state index contributed by atoms with van der Waals surface area (Å²) in [6, 6.07) is 17.0.